The Morgan fingerprint density at radius 2 is 2.09 bits per heavy atom. The molecule has 1 aliphatic heterocycles. The molecular formula is C21H18ClF3N6OS. The van der Waals surface area contributed by atoms with Gasteiger partial charge in [-0.05, 0) is 12.1 Å². The van der Waals surface area contributed by atoms with Crippen molar-refractivity contribution in [2.24, 2.45) is 0 Å². The van der Waals surface area contributed by atoms with Crippen LogP contribution in [0, 0.1) is 5.82 Å². The Labute approximate surface area is 195 Å². The number of hydrogen-bond acceptors (Lipinski definition) is 8. The highest BCUT2D eigenvalue weighted by Gasteiger charge is 2.35. The molecule has 0 atom stereocenters. The van der Waals surface area contributed by atoms with Crippen molar-refractivity contribution in [3.05, 3.63) is 35.1 Å². The Hall–Kier alpha value is -2.89. The number of methoxy groups -OCH3 is 1. The first-order valence-electron chi connectivity index (χ1n) is 10.00. The van der Waals surface area contributed by atoms with Gasteiger partial charge >= 0.3 is 6.01 Å². The van der Waals surface area contributed by atoms with Crippen LogP contribution in [0.2, 0.25) is 5.02 Å². The van der Waals surface area contributed by atoms with Gasteiger partial charge in [0.15, 0.2) is 10.9 Å². The summed E-state index contributed by atoms with van der Waals surface area (Å²) in [7, 11) is 1.33. The van der Waals surface area contributed by atoms with E-state index in [4.69, 9.17) is 22.1 Å². The van der Waals surface area contributed by atoms with Crippen LogP contribution in [-0.2, 0) is 0 Å². The second-order valence-electron chi connectivity index (χ2n) is 7.64. The van der Waals surface area contributed by atoms with Gasteiger partial charge in [-0.1, -0.05) is 35.1 Å². The summed E-state index contributed by atoms with van der Waals surface area (Å²) in [4.78, 5) is 14.1. The van der Waals surface area contributed by atoms with Gasteiger partial charge in [0.1, 0.15) is 11.3 Å². The summed E-state index contributed by atoms with van der Waals surface area (Å²) in [6, 6.07) is 6.59. The summed E-state index contributed by atoms with van der Waals surface area (Å²) in [5.74, 6) is -3.57. The van der Waals surface area contributed by atoms with Gasteiger partial charge in [-0.2, -0.15) is 9.97 Å². The van der Waals surface area contributed by atoms with E-state index < -0.39 is 24.8 Å². The average Bonchev–Trinajstić information content (AvgIpc) is 3.06. The number of benzene rings is 2. The van der Waals surface area contributed by atoms with Crippen LogP contribution in [0.5, 0.6) is 6.01 Å². The van der Waals surface area contributed by atoms with Crippen molar-refractivity contribution < 1.29 is 17.9 Å². The van der Waals surface area contributed by atoms with Crippen LogP contribution in [0.25, 0.3) is 32.2 Å². The monoisotopic (exact) mass is 494 g/mol. The lowest BCUT2D eigenvalue weighted by atomic mass is 10.0. The van der Waals surface area contributed by atoms with Crippen molar-refractivity contribution in [2.45, 2.75) is 5.92 Å². The van der Waals surface area contributed by atoms with Gasteiger partial charge in [0.05, 0.1) is 35.4 Å². The van der Waals surface area contributed by atoms with Gasteiger partial charge in [-0.15, -0.1) is 0 Å². The summed E-state index contributed by atoms with van der Waals surface area (Å²) < 4.78 is 50.4. The maximum atomic E-state index is 16.0. The zero-order valence-electron chi connectivity index (χ0n) is 17.3. The number of alkyl halides is 2. The smallest absolute Gasteiger partial charge is 0.318 e. The predicted octanol–water partition coefficient (Wildman–Crippen LogP) is 4.33. The molecule has 5 rings (SSSR count). The minimum Gasteiger partial charge on any atom is -0.467 e. The number of halogens is 4. The quantitative estimate of drug-likeness (QED) is 0.438. The molecule has 12 heteroatoms. The number of nitrogens with zero attached hydrogens (tertiary/aromatic N) is 4. The zero-order valence-corrected chi connectivity index (χ0v) is 18.9. The Morgan fingerprint density at radius 1 is 1.27 bits per heavy atom. The number of nitrogen functional groups attached to an aromatic ring is 1. The molecule has 0 bridgehead atoms. The van der Waals surface area contributed by atoms with Crippen LogP contribution in [0.3, 0.4) is 0 Å². The Morgan fingerprint density at radius 3 is 2.88 bits per heavy atom. The molecule has 0 unspecified atom stereocenters. The fourth-order valence-corrected chi connectivity index (χ4v) is 5.13. The minimum atomic E-state index is -3.00. The highest BCUT2D eigenvalue weighted by atomic mass is 35.5. The number of aromatic nitrogens is 3. The lowest BCUT2D eigenvalue weighted by Gasteiger charge is -2.26. The van der Waals surface area contributed by atoms with E-state index in [1.807, 2.05) is 0 Å². The summed E-state index contributed by atoms with van der Waals surface area (Å²) >= 11 is 7.79. The molecule has 1 saturated heterocycles. The maximum Gasteiger partial charge on any atom is 0.318 e. The molecule has 1 fully saturated rings. The van der Waals surface area contributed by atoms with E-state index in [1.165, 1.54) is 29.4 Å². The number of thiazole rings is 1. The third-order valence-electron chi connectivity index (χ3n) is 5.39. The maximum absolute atomic E-state index is 16.0. The zero-order chi connectivity index (χ0) is 23.3. The molecule has 0 amide bonds. The Bertz CT molecular complexity index is 1380. The second kappa shape index (κ2) is 8.15. The lowest BCUT2D eigenvalue weighted by Crippen LogP contribution is -2.39. The number of hydrogen-bond donors (Lipinski definition) is 2. The minimum absolute atomic E-state index is 0.0775. The fraction of sp³-hybridized carbons (Fsp3) is 0.286. The third kappa shape index (κ3) is 3.90. The summed E-state index contributed by atoms with van der Waals surface area (Å²) in [5.41, 5.74) is 7.02. The van der Waals surface area contributed by atoms with Gasteiger partial charge < -0.3 is 20.7 Å². The molecule has 4 aromatic rings. The summed E-state index contributed by atoms with van der Waals surface area (Å²) in [6.45, 7) is -0.488. The van der Waals surface area contributed by atoms with E-state index >= 15 is 4.39 Å². The molecule has 0 spiro atoms. The molecule has 2 aromatic carbocycles. The van der Waals surface area contributed by atoms with Crippen LogP contribution in [0.1, 0.15) is 0 Å². The van der Waals surface area contributed by atoms with Gasteiger partial charge in [0.2, 0.25) is 0 Å². The van der Waals surface area contributed by atoms with Crippen LogP contribution in [-0.4, -0.2) is 54.2 Å². The number of rotatable bonds is 3. The molecule has 3 N–H and O–H groups in total. The van der Waals surface area contributed by atoms with Crippen molar-refractivity contribution in [1.82, 2.24) is 20.3 Å². The summed E-state index contributed by atoms with van der Waals surface area (Å²) in [6.07, 6.45) is 0. The first-order valence-corrected chi connectivity index (χ1v) is 11.2. The van der Waals surface area contributed by atoms with E-state index in [9.17, 15) is 8.78 Å². The highest BCUT2D eigenvalue weighted by Crippen LogP contribution is 2.42. The van der Waals surface area contributed by atoms with Crippen LogP contribution >= 0.6 is 22.9 Å². The van der Waals surface area contributed by atoms with Gasteiger partial charge in [0.25, 0.3) is 5.92 Å². The van der Waals surface area contributed by atoms with Crippen LogP contribution < -0.4 is 20.7 Å². The predicted molar refractivity (Wildman–Crippen MR) is 124 cm³/mol. The molecule has 3 heterocycles. The molecule has 1 aliphatic rings. The number of anilines is 2. The number of fused-ring (bicyclic) bond motifs is 2. The van der Waals surface area contributed by atoms with Crippen molar-refractivity contribution in [3.8, 4) is 17.1 Å². The Balaban J connectivity index is 1.76. The van der Waals surface area contributed by atoms with Crippen molar-refractivity contribution >= 4 is 55.0 Å². The molecule has 2 aromatic heterocycles. The average molecular weight is 495 g/mol. The number of nitrogens with one attached hydrogen (secondary N) is 1. The van der Waals surface area contributed by atoms with Crippen molar-refractivity contribution in [2.75, 3.05) is 43.9 Å². The number of ether oxygens (including phenoxy) is 1. The lowest BCUT2D eigenvalue weighted by molar-refractivity contribution is 0.0156. The van der Waals surface area contributed by atoms with Crippen LogP contribution in [0.15, 0.2) is 24.3 Å². The standard InChI is InChI=1S/C21H18ClF3N6OS/c1-32-20-29-16-11(18(30-20)31-6-5-27-8-21(24,25)9-31)7-12(22)14(15(16)23)10-3-2-4-13-17(10)33-19(26)28-13/h2-4,7,27H,5-6,8-9H2,1H3,(H2,26,28). The fourth-order valence-electron chi connectivity index (χ4n) is 3.98. The van der Waals surface area contributed by atoms with E-state index in [0.717, 1.165) is 0 Å². The SMILES string of the molecule is COc1nc(N2CCNCC(F)(F)C2)c2cc(Cl)c(-c3cccc4nc(N)sc34)c(F)c2n1. The van der Waals surface area contributed by atoms with Crippen molar-refractivity contribution in [1.29, 1.82) is 0 Å². The Kier molecular flexibility index (Phi) is 5.42. The first kappa shape index (κ1) is 21.9. The highest BCUT2D eigenvalue weighted by molar-refractivity contribution is 7.22. The van der Waals surface area contributed by atoms with Gasteiger partial charge in [-0.25, -0.2) is 18.2 Å². The van der Waals surface area contributed by atoms with E-state index in [-0.39, 0.29) is 39.9 Å². The first-order chi connectivity index (χ1) is 15.8. The van der Waals surface area contributed by atoms with E-state index in [0.29, 0.717) is 27.5 Å². The molecule has 0 aliphatic carbocycles. The molecular weight excluding hydrogens is 477 g/mol. The van der Waals surface area contributed by atoms with Crippen molar-refractivity contribution in [3.63, 3.8) is 0 Å². The van der Waals surface area contributed by atoms with Gasteiger partial charge in [-0.3, -0.25) is 0 Å². The topological polar surface area (TPSA) is 89.2 Å². The normalized spacial score (nSPS) is 16.3. The molecule has 0 radical (unpaired) electrons. The molecule has 0 saturated carbocycles. The van der Waals surface area contributed by atoms with Gasteiger partial charge in [0, 0.05) is 29.6 Å². The third-order valence-corrected chi connectivity index (χ3v) is 6.62. The van der Waals surface area contributed by atoms with E-state index in [2.05, 4.69) is 20.3 Å². The summed E-state index contributed by atoms with van der Waals surface area (Å²) in [5, 5.41) is 3.36. The molecule has 33 heavy (non-hydrogen) atoms. The molecule has 172 valence electrons. The van der Waals surface area contributed by atoms with E-state index in [1.54, 1.807) is 18.2 Å². The largest absolute Gasteiger partial charge is 0.467 e. The molecule has 7 nitrogen and oxygen atoms in total. The second-order valence-corrected chi connectivity index (χ2v) is 9.08. The number of nitrogens with two attached hydrogens (primary N) is 1. The van der Waals surface area contributed by atoms with Crippen LogP contribution in [0.4, 0.5) is 24.1 Å².